The summed E-state index contributed by atoms with van der Waals surface area (Å²) in [6.45, 7) is 8.98. The molecule has 1 atom stereocenters. The predicted molar refractivity (Wildman–Crippen MR) is 113 cm³/mol. The van der Waals surface area contributed by atoms with Crippen molar-refractivity contribution in [1.82, 2.24) is 25.3 Å². The number of H-pyrrole nitrogens is 1. The van der Waals surface area contributed by atoms with Gasteiger partial charge in [-0.3, -0.25) is 14.6 Å². The van der Waals surface area contributed by atoms with Gasteiger partial charge in [0.25, 0.3) is 0 Å². The van der Waals surface area contributed by atoms with Crippen LogP contribution < -0.4 is 5.32 Å². The van der Waals surface area contributed by atoms with Crippen molar-refractivity contribution in [3.05, 3.63) is 53.5 Å². The van der Waals surface area contributed by atoms with Gasteiger partial charge in [-0.1, -0.05) is 23.4 Å². The summed E-state index contributed by atoms with van der Waals surface area (Å²) in [4.78, 5) is 20.5. The van der Waals surface area contributed by atoms with E-state index in [9.17, 15) is 4.79 Å². The Bertz CT molecular complexity index is 955. The molecule has 1 aliphatic rings. The quantitative estimate of drug-likeness (QED) is 0.642. The van der Waals surface area contributed by atoms with Crippen LogP contribution >= 0.6 is 0 Å². The Labute approximate surface area is 171 Å². The Balaban J connectivity index is 1.21. The molecule has 0 radical (unpaired) electrons. The minimum absolute atomic E-state index is 0.102. The number of benzene rings is 1. The van der Waals surface area contributed by atoms with E-state index in [0.29, 0.717) is 6.54 Å². The van der Waals surface area contributed by atoms with Gasteiger partial charge in [0.2, 0.25) is 5.91 Å². The van der Waals surface area contributed by atoms with Crippen LogP contribution in [0.3, 0.4) is 0 Å². The normalized spacial score (nSPS) is 16.9. The van der Waals surface area contributed by atoms with Gasteiger partial charge in [-0.2, -0.15) is 0 Å². The Morgan fingerprint density at radius 1 is 1.28 bits per heavy atom. The second-order valence-corrected chi connectivity index (χ2v) is 7.82. The first-order chi connectivity index (χ1) is 14.1. The fourth-order valence-electron chi connectivity index (χ4n) is 4.00. The highest BCUT2D eigenvalue weighted by molar-refractivity contribution is 5.83. The van der Waals surface area contributed by atoms with Crippen molar-refractivity contribution in [3.8, 4) is 0 Å². The summed E-state index contributed by atoms with van der Waals surface area (Å²) in [7, 11) is 0. The van der Waals surface area contributed by atoms with Crippen LogP contribution in [0.5, 0.6) is 0 Å². The zero-order chi connectivity index (χ0) is 20.2. The number of carbonyl (C=O) groups excluding carboxylic acids is 1. The Kier molecular flexibility index (Phi) is 5.97. The summed E-state index contributed by atoms with van der Waals surface area (Å²) in [5, 5.41) is 8.41. The molecule has 0 spiro atoms. The van der Waals surface area contributed by atoms with E-state index in [1.165, 1.54) is 10.9 Å². The number of rotatable bonds is 7. The van der Waals surface area contributed by atoms with Crippen LogP contribution in [0.2, 0.25) is 0 Å². The maximum absolute atomic E-state index is 12.6. The third-order valence-corrected chi connectivity index (χ3v) is 5.76. The molecular formula is C22H29N5O2. The number of nitrogens with zero attached hydrogens (tertiary/aromatic N) is 3. The maximum Gasteiger partial charge on any atom is 0.237 e. The molecule has 1 amide bonds. The molecule has 2 aromatic heterocycles. The van der Waals surface area contributed by atoms with Crippen LogP contribution in [-0.4, -0.2) is 64.6 Å². The zero-order valence-electron chi connectivity index (χ0n) is 17.1. The molecule has 0 aliphatic carbocycles. The van der Waals surface area contributed by atoms with E-state index in [4.69, 9.17) is 4.52 Å². The fraction of sp³-hybridized carbons (Fsp3) is 0.455. The molecule has 4 rings (SSSR count). The predicted octanol–water partition coefficient (Wildman–Crippen LogP) is 2.33. The number of piperazine rings is 1. The van der Waals surface area contributed by atoms with E-state index in [1.54, 1.807) is 0 Å². The fourth-order valence-corrected chi connectivity index (χ4v) is 4.00. The largest absolute Gasteiger partial charge is 0.361 e. The van der Waals surface area contributed by atoms with E-state index < -0.39 is 0 Å². The number of fused-ring (bicyclic) bond motifs is 1. The molecule has 1 fully saturated rings. The molecule has 1 aromatic carbocycles. The third kappa shape index (κ3) is 4.68. The molecule has 7 nitrogen and oxygen atoms in total. The molecule has 154 valence electrons. The number of amides is 1. The first-order valence-electron chi connectivity index (χ1n) is 10.3. The number of aromatic amines is 1. The summed E-state index contributed by atoms with van der Waals surface area (Å²) in [5.74, 6) is 0.946. The van der Waals surface area contributed by atoms with Gasteiger partial charge in [-0.25, -0.2) is 0 Å². The Hall–Kier alpha value is -2.64. The van der Waals surface area contributed by atoms with Gasteiger partial charge < -0.3 is 14.8 Å². The van der Waals surface area contributed by atoms with Gasteiger partial charge in [0.15, 0.2) is 0 Å². The first kappa shape index (κ1) is 19.7. The van der Waals surface area contributed by atoms with Crippen LogP contribution in [0, 0.1) is 6.92 Å². The number of para-hydroxylation sites is 1. The van der Waals surface area contributed by atoms with E-state index in [0.717, 1.165) is 56.1 Å². The van der Waals surface area contributed by atoms with Crippen molar-refractivity contribution in [2.75, 3.05) is 32.7 Å². The monoisotopic (exact) mass is 395 g/mol. The lowest BCUT2D eigenvalue weighted by atomic mass is 10.1. The van der Waals surface area contributed by atoms with Crippen LogP contribution in [-0.2, 0) is 17.8 Å². The maximum atomic E-state index is 12.6. The molecule has 3 heterocycles. The van der Waals surface area contributed by atoms with Crippen molar-refractivity contribution in [3.63, 3.8) is 0 Å². The molecule has 1 aliphatic heterocycles. The Morgan fingerprint density at radius 3 is 2.83 bits per heavy atom. The second-order valence-electron chi connectivity index (χ2n) is 7.82. The van der Waals surface area contributed by atoms with Crippen molar-refractivity contribution in [2.24, 2.45) is 0 Å². The number of hydrogen-bond donors (Lipinski definition) is 2. The Morgan fingerprint density at radius 2 is 2.07 bits per heavy atom. The van der Waals surface area contributed by atoms with Crippen molar-refractivity contribution >= 4 is 16.8 Å². The average Bonchev–Trinajstić information content (AvgIpc) is 3.34. The molecule has 1 saturated heterocycles. The summed E-state index contributed by atoms with van der Waals surface area (Å²) in [5.41, 5.74) is 3.35. The smallest absolute Gasteiger partial charge is 0.237 e. The van der Waals surface area contributed by atoms with Crippen LogP contribution in [0.15, 0.2) is 41.1 Å². The molecular weight excluding hydrogens is 366 g/mol. The van der Waals surface area contributed by atoms with Crippen LogP contribution in [0.4, 0.5) is 0 Å². The minimum Gasteiger partial charge on any atom is -0.361 e. The highest BCUT2D eigenvalue weighted by atomic mass is 16.5. The van der Waals surface area contributed by atoms with E-state index >= 15 is 0 Å². The number of nitrogens with one attached hydrogen (secondary N) is 2. The number of aryl methyl sites for hydroxylation is 1. The summed E-state index contributed by atoms with van der Waals surface area (Å²) >= 11 is 0. The van der Waals surface area contributed by atoms with Gasteiger partial charge in [-0.15, -0.1) is 0 Å². The van der Waals surface area contributed by atoms with Gasteiger partial charge in [0, 0.05) is 62.4 Å². The highest BCUT2D eigenvalue weighted by Gasteiger charge is 2.25. The molecule has 1 unspecified atom stereocenters. The van der Waals surface area contributed by atoms with E-state index in [1.807, 2.05) is 38.2 Å². The third-order valence-electron chi connectivity index (χ3n) is 5.76. The molecule has 7 heteroatoms. The first-order valence-corrected chi connectivity index (χ1v) is 10.3. The number of carbonyl (C=O) groups is 1. The number of hydrogen-bond acceptors (Lipinski definition) is 5. The SMILES string of the molecule is Cc1cc(CN2CCN(C(C)C(=O)NCCc3c[nH]c4ccccc34)CC2)no1. The van der Waals surface area contributed by atoms with Crippen molar-refractivity contribution < 1.29 is 9.32 Å². The van der Waals surface area contributed by atoms with Gasteiger partial charge >= 0.3 is 0 Å². The molecule has 3 aromatic rings. The average molecular weight is 396 g/mol. The van der Waals surface area contributed by atoms with Gasteiger partial charge in [-0.05, 0) is 31.9 Å². The molecule has 29 heavy (non-hydrogen) atoms. The molecule has 0 saturated carbocycles. The van der Waals surface area contributed by atoms with E-state index in [-0.39, 0.29) is 11.9 Å². The summed E-state index contributed by atoms with van der Waals surface area (Å²) in [6, 6.07) is 10.1. The van der Waals surface area contributed by atoms with Gasteiger partial charge in [0.05, 0.1) is 11.7 Å². The second kappa shape index (κ2) is 8.80. The highest BCUT2D eigenvalue weighted by Crippen LogP contribution is 2.17. The summed E-state index contributed by atoms with van der Waals surface area (Å²) in [6.07, 6.45) is 2.86. The topological polar surface area (TPSA) is 77.4 Å². The number of aromatic nitrogens is 2. The van der Waals surface area contributed by atoms with Crippen molar-refractivity contribution in [2.45, 2.75) is 32.9 Å². The molecule has 0 bridgehead atoms. The lowest BCUT2D eigenvalue weighted by Crippen LogP contribution is -2.53. The van der Waals surface area contributed by atoms with Gasteiger partial charge in [0.1, 0.15) is 5.76 Å². The zero-order valence-corrected chi connectivity index (χ0v) is 17.1. The minimum atomic E-state index is -0.116. The lowest BCUT2D eigenvalue weighted by Gasteiger charge is -2.37. The lowest BCUT2D eigenvalue weighted by molar-refractivity contribution is -0.126. The van der Waals surface area contributed by atoms with Crippen molar-refractivity contribution in [1.29, 1.82) is 0 Å². The molecule has 2 N–H and O–H groups in total. The van der Waals surface area contributed by atoms with Crippen LogP contribution in [0.1, 0.15) is 23.9 Å². The van der Waals surface area contributed by atoms with Crippen LogP contribution in [0.25, 0.3) is 10.9 Å². The summed E-state index contributed by atoms with van der Waals surface area (Å²) < 4.78 is 5.14. The standard InChI is InChI=1S/C22H29N5O2/c1-16-13-19(25-29-16)15-26-9-11-27(12-10-26)17(2)22(28)23-8-7-18-14-24-21-6-4-3-5-20(18)21/h3-6,13-14,17,24H,7-12,15H2,1-2H3,(H,23,28). The van der Waals surface area contributed by atoms with E-state index in [2.05, 4.69) is 37.4 Å².